The molecule has 1 aromatic heterocycles. The van der Waals surface area contributed by atoms with Crippen molar-refractivity contribution in [3.8, 4) is 22.8 Å². The maximum atomic E-state index is 12.9. The Balaban J connectivity index is 1.59. The molecule has 0 spiro atoms. The summed E-state index contributed by atoms with van der Waals surface area (Å²) in [7, 11) is 0. The van der Waals surface area contributed by atoms with Crippen molar-refractivity contribution in [3.05, 3.63) is 95.1 Å². The Morgan fingerprint density at radius 3 is 2.37 bits per heavy atom. The average molecular weight is 417 g/mol. The molecular formula is C25H21ClN2O2. The van der Waals surface area contributed by atoms with Crippen LogP contribution in [0.5, 0.6) is 0 Å². The third-order valence-electron chi connectivity index (χ3n) is 4.87. The second-order valence-corrected chi connectivity index (χ2v) is 7.75. The predicted octanol–water partition coefficient (Wildman–Crippen LogP) is 7.04. The molecule has 1 N–H and O–H groups in total. The van der Waals surface area contributed by atoms with Crippen molar-refractivity contribution in [1.29, 1.82) is 0 Å². The molecule has 4 aromatic rings. The van der Waals surface area contributed by atoms with Crippen LogP contribution in [0.1, 0.15) is 35.7 Å². The van der Waals surface area contributed by atoms with E-state index < -0.39 is 0 Å². The van der Waals surface area contributed by atoms with E-state index in [0.29, 0.717) is 33.7 Å². The molecule has 150 valence electrons. The standard InChI is InChI=1S/C25H21ClN2O2/c1-16(2)17-9-13-20(14-10-17)28-24(29)21-5-3-4-6-22(21)25-27-15-23(30-25)18-7-11-19(26)12-8-18/h3-16H,1-2H3,(H,28,29). The van der Waals surface area contributed by atoms with Gasteiger partial charge in [-0.2, -0.15) is 0 Å². The highest BCUT2D eigenvalue weighted by Crippen LogP contribution is 2.29. The van der Waals surface area contributed by atoms with Gasteiger partial charge >= 0.3 is 0 Å². The van der Waals surface area contributed by atoms with Crippen LogP contribution in [-0.4, -0.2) is 10.9 Å². The van der Waals surface area contributed by atoms with Crippen LogP contribution in [0.2, 0.25) is 5.02 Å². The lowest BCUT2D eigenvalue weighted by molar-refractivity contribution is 0.102. The highest BCUT2D eigenvalue weighted by atomic mass is 35.5. The number of carbonyl (C=O) groups excluding carboxylic acids is 1. The van der Waals surface area contributed by atoms with E-state index in [9.17, 15) is 4.79 Å². The molecule has 4 nitrogen and oxygen atoms in total. The number of nitrogens with zero attached hydrogens (tertiary/aromatic N) is 1. The Kier molecular flexibility index (Phi) is 5.68. The molecule has 4 rings (SSSR count). The summed E-state index contributed by atoms with van der Waals surface area (Å²) in [6.45, 7) is 4.27. The third-order valence-corrected chi connectivity index (χ3v) is 5.12. The summed E-state index contributed by atoms with van der Waals surface area (Å²) in [5, 5.41) is 3.61. The van der Waals surface area contributed by atoms with E-state index in [4.69, 9.17) is 16.0 Å². The van der Waals surface area contributed by atoms with Gasteiger partial charge in [-0.25, -0.2) is 4.98 Å². The SMILES string of the molecule is CC(C)c1ccc(NC(=O)c2ccccc2-c2ncc(-c3ccc(Cl)cc3)o2)cc1. The van der Waals surface area contributed by atoms with Crippen molar-refractivity contribution in [2.24, 2.45) is 0 Å². The fourth-order valence-corrected chi connectivity index (χ4v) is 3.29. The molecule has 0 aliphatic rings. The first-order valence-corrected chi connectivity index (χ1v) is 10.1. The minimum Gasteiger partial charge on any atom is -0.436 e. The smallest absolute Gasteiger partial charge is 0.256 e. The number of nitrogens with one attached hydrogen (secondary N) is 1. The van der Waals surface area contributed by atoms with Gasteiger partial charge in [0.2, 0.25) is 5.89 Å². The van der Waals surface area contributed by atoms with Crippen LogP contribution in [0.4, 0.5) is 5.69 Å². The first-order chi connectivity index (χ1) is 14.5. The van der Waals surface area contributed by atoms with Gasteiger partial charge in [0.1, 0.15) is 0 Å². The second kappa shape index (κ2) is 8.56. The molecular weight excluding hydrogens is 396 g/mol. The Bertz CT molecular complexity index is 1160. The number of benzene rings is 3. The molecule has 0 fully saturated rings. The van der Waals surface area contributed by atoms with Crippen LogP contribution in [-0.2, 0) is 0 Å². The van der Waals surface area contributed by atoms with E-state index in [-0.39, 0.29) is 5.91 Å². The summed E-state index contributed by atoms with van der Waals surface area (Å²) in [6.07, 6.45) is 1.65. The van der Waals surface area contributed by atoms with Crippen molar-refractivity contribution < 1.29 is 9.21 Å². The van der Waals surface area contributed by atoms with Gasteiger partial charge in [0.05, 0.1) is 11.8 Å². The number of carbonyl (C=O) groups is 1. The number of anilines is 1. The summed E-state index contributed by atoms with van der Waals surface area (Å²) in [6, 6.07) is 22.5. The molecule has 0 atom stereocenters. The zero-order chi connectivity index (χ0) is 21.1. The highest BCUT2D eigenvalue weighted by molar-refractivity contribution is 6.30. The maximum absolute atomic E-state index is 12.9. The third kappa shape index (κ3) is 4.29. The molecule has 0 radical (unpaired) electrons. The van der Waals surface area contributed by atoms with Gasteiger partial charge in [-0.3, -0.25) is 4.79 Å². The zero-order valence-electron chi connectivity index (χ0n) is 16.7. The van der Waals surface area contributed by atoms with Gasteiger partial charge < -0.3 is 9.73 Å². The molecule has 5 heteroatoms. The number of rotatable bonds is 5. The summed E-state index contributed by atoms with van der Waals surface area (Å²) in [4.78, 5) is 17.3. The summed E-state index contributed by atoms with van der Waals surface area (Å²) >= 11 is 5.96. The lowest BCUT2D eigenvalue weighted by atomic mass is 10.0. The van der Waals surface area contributed by atoms with Crippen molar-refractivity contribution in [2.75, 3.05) is 5.32 Å². The highest BCUT2D eigenvalue weighted by Gasteiger charge is 2.17. The van der Waals surface area contributed by atoms with Crippen LogP contribution < -0.4 is 5.32 Å². The van der Waals surface area contributed by atoms with E-state index in [1.54, 1.807) is 24.4 Å². The summed E-state index contributed by atoms with van der Waals surface area (Å²) in [5.74, 6) is 1.23. The number of halogens is 1. The van der Waals surface area contributed by atoms with Crippen LogP contribution >= 0.6 is 11.6 Å². The predicted molar refractivity (Wildman–Crippen MR) is 121 cm³/mol. The fourth-order valence-electron chi connectivity index (χ4n) is 3.16. The van der Waals surface area contributed by atoms with E-state index in [0.717, 1.165) is 11.3 Å². The second-order valence-electron chi connectivity index (χ2n) is 7.31. The van der Waals surface area contributed by atoms with Gasteiger partial charge in [0.15, 0.2) is 5.76 Å². The van der Waals surface area contributed by atoms with Gasteiger partial charge in [-0.1, -0.05) is 49.7 Å². The van der Waals surface area contributed by atoms with Crippen molar-refractivity contribution in [3.63, 3.8) is 0 Å². The molecule has 0 bridgehead atoms. The normalized spacial score (nSPS) is 10.9. The minimum absolute atomic E-state index is 0.214. The van der Waals surface area contributed by atoms with E-state index in [1.165, 1.54) is 5.56 Å². The molecule has 0 aliphatic heterocycles. The van der Waals surface area contributed by atoms with Crippen LogP contribution in [0.3, 0.4) is 0 Å². The van der Waals surface area contributed by atoms with Gasteiger partial charge in [-0.05, 0) is 60.0 Å². The molecule has 3 aromatic carbocycles. The lowest BCUT2D eigenvalue weighted by Gasteiger charge is -2.10. The monoisotopic (exact) mass is 416 g/mol. The molecule has 0 aliphatic carbocycles. The van der Waals surface area contributed by atoms with Gasteiger partial charge in [0.25, 0.3) is 5.91 Å². The van der Waals surface area contributed by atoms with Crippen LogP contribution in [0.25, 0.3) is 22.8 Å². The first-order valence-electron chi connectivity index (χ1n) is 9.74. The molecule has 0 saturated heterocycles. The van der Waals surface area contributed by atoms with Gasteiger partial charge in [0, 0.05) is 21.8 Å². The van der Waals surface area contributed by atoms with Crippen molar-refractivity contribution in [2.45, 2.75) is 19.8 Å². The molecule has 30 heavy (non-hydrogen) atoms. The quantitative estimate of drug-likeness (QED) is 0.379. The Hall–Kier alpha value is -3.37. The molecule has 0 unspecified atom stereocenters. The van der Waals surface area contributed by atoms with Crippen LogP contribution in [0, 0.1) is 0 Å². The van der Waals surface area contributed by atoms with E-state index >= 15 is 0 Å². The Morgan fingerprint density at radius 2 is 1.67 bits per heavy atom. The largest absolute Gasteiger partial charge is 0.436 e. The minimum atomic E-state index is -0.214. The molecule has 1 heterocycles. The summed E-state index contributed by atoms with van der Waals surface area (Å²) in [5.41, 5.74) is 3.96. The number of hydrogen-bond donors (Lipinski definition) is 1. The van der Waals surface area contributed by atoms with E-state index in [1.807, 2.05) is 54.6 Å². The first kappa shape index (κ1) is 19.9. The van der Waals surface area contributed by atoms with Crippen molar-refractivity contribution in [1.82, 2.24) is 4.98 Å². The van der Waals surface area contributed by atoms with Gasteiger partial charge in [-0.15, -0.1) is 0 Å². The Labute approximate surface area is 180 Å². The van der Waals surface area contributed by atoms with Crippen molar-refractivity contribution >= 4 is 23.2 Å². The fraction of sp³-hybridized carbons (Fsp3) is 0.120. The average Bonchev–Trinajstić information content (AvgIpc) is 3.25. The number of hydrogen-bond acceptors (Lipinski definition) is 3. The topological polar surface area (TPSA) is 55.1 Å². The summed E-state index contributed by atoms with van der Waals surface area (Å²) < 4.78 is 5.94. The number of oxazole rings is 1. The number of amides is 1. The lowest BCUT2D eigenvalue weighted by Crippen LogP contribution is -2.13. The zero-order valence-corrected chi connectivity index (χ0v) is 17.5. The number of aromatic nitrogens is 1. The van der Waals surface area contributed by atoms with Crippen LogP contribution in [0.15, 0.2) is 83.4 Å². The maximum Gasteiger partial charge on any atom is 0.256 e. The molecule has 1 amide bonds. The van der Waals surface area contributed by atoms with E-state index in [2.05, 4.69) is 24.1 Å². The molecule has 0 saturated carbocycles. The Morgan fingerprint density at radius 1 is 0.967 bits per heavy atom.